The molecule has 0 aliphatic rings. The van der Waals surface area contributed by atoms with Gasteiger partial charge < -0.3 is 9.84 Å². The van der Waals surface area contributed by atoms with Gasteiger partial charge in [-0.15, -0.1) is 0 Å². The highest BCUT2D eigenvalue weighted by Gasteiger charge is 2.26. The third kappa shape index (κ3) is 3.85. The first-order valence-corrected chi connectivity index (χ1v) is 6.34. The van der Waals surface area contributed by atoms with E-state index in [0.29, 0.717) is 11.5 Å². The molecule has 0 saturated heterocycles. The number of hydrogen-bond donors (Lipinski definition) is 2. The number of ether oxygens (including phenoxy) is 1. The quantitative estimate of drug-likeness (QED) is 0.497. The van der Waals surface area contributed by atoms with Gasteiger partial charge in [0.1, 0.15) is 11.5 Å². The molecule has 0 bridgehead atoms. The zero-order valence-electron chi connectivity index (χ0n) is 12.6. The standard InChI is InChI=1S/C15H24O4/c1-14(2,3)11-7-10(18-9-19-17)8-12(13(11)16)15(4,5)6/h7-8,16-17H,9H2,1-6H3. The van der Waals surface area contributed by atoms with Crippen molar-refractivity contribution in [1.82, 2.24) is 0 Å². The summed E-state index contributed by atoms with van der Waals surface area (Å²) in [6.45, 7) is 11.9. The molecule has 0 atom stereocenters. The van der Waals surface area contributed by atoms with Gasteiger partial charge in [-0.3, -0.25) is 0 Å². The van der Waals surface area contributed by atoms with Crippen molar-refractivity contribution >= 4 is 0 Å². The predicted molar refractivity (Wildman–Crippen MR) is 74.7 cm³/mol. The summed E-state index contributed by atoms with van der Waals surface area (Å²) in [4.78, 5) is 3.94. The molecule has 0 aliphatic carbocycles. The number of rotatable bonds is 3. The summed E-state index contributed by atoms with van der Waals surface area (Å²) >= 11 is 0. The Bertz CT molecular complexity index is 403. The summed E-state index contributed by atoms with van der Waals surface area (Å²) in [5.41, 5.74) is 1.22. The van der Waals surface area contributed by atoms with Crippen molar-refractivity contribution in [3.63, 3.8) is 0 Å². The molecule has 1 rings (SSSR count). The monoisotopic (exact) mass is 268 g/mol. The van der Waals surface area contributed by atoms with E-state index in [4.69, 9.17) is 9.99 Å². The fourth-order valence-electron chi connectivity index (χ4n) is 1.93. The van der Waals surface area contributed by atoms with Gasteiger partial charge in [-0.05, 0) is 23.0 Å². The van der Waals surface area contributed by atoms with Gasteiger partial charge in [0, 0.05) is 11.1 Å². The molecule has 0 radical (unpaired) electrons. The smallest absolute Gasteiger partial charge is 0.220 e. The third-order valence-corrected chi connectivity index (χ3v) is 2.98. The molecule has 0 spiro atoms. The normalized spacial score (nSPS) is 12.6. The van der Waals surface area contributed by atoms with Crippen LogP contribution in [0.25, 0.3) is 0 Å². The number of benzene rings is 1. The average Bonchev–Trinajstić information content (AvgIpc) is 2.24. The molecular formula is C15H24O4. The van der Waals surface area contributed by atoms with Crippen LogP contribution in [-0.4, -0.2) is 17.2 Å². The number of aromatic hydroxyl groups is 1. The van der Waals surface area contributed by atoms with E-state index in [0.717, 1.165) is 11.1 Å². The Balaban J connectivity index is 3.39. The van der Waals surface area contributed by atoms with Gasteiger partial charge in [0.2, 0.25) is 6.79 Å². The largest absolute Gasteiger partial charge is 0.507 e. The van der Waals surface area contributed by atoms with E-state index >= 15 is 0 Å². The summed E-state index contributed by atoms with van der Waals surface area (Å²) in [7, 11) is 0. The van der Waals surface area contributed by atoms with E-state index < -0.39 is 0 Å². The molecule has 0 amide bonds. The predicted octanol–water partition coefficient (Wildman–Crippen LogP) is 3.81. The lowest BCUT2D eigenvalue weighted by Crippen LogP contribution is -2.17. The Labute approximate surface area is 114 Å². The molecule has 1 aromatic rings. The minimum absolute atomic E-state index is 0.205. The van der Waals surface area contributed by atoms with Crippen molar-refractivity contribution in [2.75, 3.05) is 6.79 Å². The molecule has 4 nitrogen and oxygen atoms in total. The van der Waals surface area contributed by atoms with Crippen LogP contribution in [0.15, 0.2) is 12.1 Å². The van der Waals surface area contributed by atoms with Crippen LogP contribution in [0.1, 0.15) is 52.7 Å². The highest BCUT2D eigenvalue weighted by atomic mass is 17.1. The number of phenolic OH excluding ortho intramolecular Hbond substituents is 1. The van der Waals surface area contributed by atoms with Crippen molar-refractivity contribution in [2.45, 2.75) is 52.4 Å². The molecule has 0 saturated carbocycles. The maximum Gasteiger partial charge on any atom is 0.220 e. The Kier molecular flexibility index (Phi) is 4.48. The van der Waals surface area contributed by atoms with Gasteiger partial charge in [-0.2, -0.15) is 4.89 Å². The van der Waals surface area contributed by atoms with E-state index in [1.165, 1.54) is 0 Å². The van der Waals surface area contributed by atoms with Crippen molar-refractivity contribution in [1.29, 1.82) is 0 Å². The van der Waals surface area contributed by atoms with Crippen LogP contribution in [-0.2, 0) is 15.7 Å². The first kappa shape index (κ1) is 15.8. The second-order valence-corrected chi connectivity index (χ2v) is 6.76. The molecule has 1 aromatic carbocycles. The Morgan fingerprint density at radius 2 is 1.37 bits per heavy atom. The van der Waals surface area contributed by atoms with Gasteiger partial charge in [0.05, 0.1) is 0 Å². The van der Waals surface area contributed by atoms with Crippen LogP contribution in [0.4, 0.5) is 0 Å². The molecule has 0 unspecified atom stereocenters. The summed E-state index contributed by atoms with van der Waals surface area (Å²) < 4.78 is 5.30. The Hall–Kier alpha value is -1.26. The molecule has 0 aliphatic heterocycles. The van der Waals surface area contributed by atoms with Crippen molar-refractivity contribution < 1.29 is 20.0 Å². The molecule has 0 aromatic heterocycles. The van der Waals surface area contributed by atoms with E-state index in [9.17, 15) is 5.11 Å². The average molecular weight is 268 g/mol. The van der Waals surface area contributed by atoms with Crippen LogP contribution >= 0.6 is 0 Å². The number of phenols is 1. The maximum absolute atomic E-state index is 10.5. The molecule has 4 heteroatoms. The second kappa shape index (κ2) is 5.39. The lowest BCUT2D eigenvalue weighted by molar-refractivity contribution is -0.278. The SMILES string of the molecule is CC(C)(C)c1cc(OCOO)cc(C(C)(C)C)c1O. The second-order valence-electron chi connectivity index (χ2n) is 6.76. The molecule has 0 heterocycles. The van der Waals surface area contributed by atoms with Gasteiger partial charge in [-0.25, -0.2) is 5.26 Å². The van der Waals surface area contributed by atoms with Crippen LogP contribution in [0.2, 0.25) is 0 Å². The molecule has 19 heavy (non-hydrogen) atoms. The van der Waals surface area contributed by atoms with Gasteiger partial charge in [0.15, 0.2) is 0 Å². The fraction of sp³-hybridized carbons (Fsp3) is 0.600. The van der Waals surface area contributed by atoms with Crippen molar-refractivity contribution in [2.24, 2.45) is 0 Å². The lowest BCUT2D eigenvalue weighted by atomic mass is 9.79. The molecular weight excluding hydrogens is 244 g/mol. The Morgan fingerprint density at radius 1 is 0.947 bits per heavy atom. The highest BCUT2D eigenvalue weighted by Crippen LogP contribution is 2.41. The van der Waals surface area contributed by atoms with Gasteiger partial charge in [-0.1, -0.05) is 41.5 Å². The van der Waals surface area contributed by atoms with Crippen LogP contribution < -0.4 is 4.74 Å². The fourth-order valence-corrected chi connectivity index (χ4v) is 1.93. The first-order chi connectivity index (χ1) is 8.57. The first-order valence-electron chi connectivity index (χ1n) is 6.34. The van der Waals surface area contributed by atoms with Crippen LogP contribution in [0, 0.1) is 0 Å². The van der Waals surface area contributed by atoms with Crippen molar-refractivity contribution in [3.8, 4) is 11.5 Å². The van der Waals surface area contributed by atoms with Crippen molar-refractivity contribution in [3.05, 3.63) is 23.3 Å². The molecule has 2 N–H and O–H groups in total. The van der Waals surface area contributed by atoms with E-state index in [1.54, 1.807) is 12.1 Å². The minimum atomic E-state index is -0.238. The number of hydrogen-bond acceptors (Lipinski definition) is 4. The van der Waals surface area contributed by atoms with E-state index in [1.807, 2.05) is 41.5 Å². The minimum Gasteiger partial charge on any atom is -0.507 e. The topological polar surface area (TPSA) is 58.9 Å². The molecule has 0 fully saturated rings. The maximum atomic E-state index is 10.5. The Morgan fingerprint density at radius 3 is 1.68 bits per heavy atom. The molecule has 108 valence electrons. The van der Waals surface area contributed by atoms with Gasteiger partial charge in [0.25, 0.3) is 0 Å². The lowest BCUT2D eigenvalue weighted by Gasteiger charge is -2.28. The zero-order valence-corrected chi connectivity index (χ0v) is 12.6. The summed E-state index contributed by atoms with van der Waals surface area (Å²) in [6.07, 6.45) is 0. The van der Waals surface area contributed by atoms with Crippen LogP contribution in [0.5, 0.6) is 11.5 Å². The summed E-state index contributed by atoms with van der Waals surface area (Å²) in [6, 6.07) is 3.56. The summed E-state index contributed by atoms with van der Waals surface area (Å²) in [5, 5.41) is 18.8. The van der Waals surface area contributed by atoms with E-state index in [2.05, 4.69) is 4.89 Å². The summed E-state index contributed by atoms with van der Waals surface area (Å²) in [5.74, 6) is 0.874. The van der Waals surface area contributed by atoms with Gasteiger partial charge >= 0.3 is 0 Å². The third-order valence-electron chi connectivity index (χ3n) is 2.98. The van der Waals surface area contributed by atoms with E-state index in [-0.39, 0.29) is 17.6 Å². The van der Waals surface area contributed by atoms with Crippen LogP contribution in [0.3, 0.4) is 0 Å². The highest BCUT2D eigenvalue weighted by molar-refractivity contribution is 5.51. The zero-order chi connectivity index (χ0) is 14.8.